The van der Waals surface area contributed by atoms with Crippen LogP contribution < -0.4 is 5.73 Å². The first kappa shape index (κ1) is 13.4. The van der Waals surface area contributed by atoms with Gasteiger partial charge in [0.25, 0.3) is 0 Å². The third kappa shape index (κ3) is 4.62. The molecule has 0 heterocycles. The molecule has 2 aliphatic rings. The van der Waals surface area contributed by atoms with E-state index in [1.165, 1.54) is 70.6 Å². The number of rotatable bonds is 4. The Morgan fingerprint density at radius 2 is 1.59 bits per heavy atom. The van der Waals surface area contributed by atoms with Crippen molar-refractivity contribution in [2.45, 2.75) is 83.6 Å². The predicted octanol–water partition coefficient (Wildman–Crippen LogP) is 4.50. The van der Waals surface area contributed by atoms with Crippen molar-refractivity contribution in [1.82, 2.24) is 0 Å². The van der Waals surface area contributed by atoms with Crippen LogP contribution in [0.1, 0.15) is 77.6 Å². The molecule has 100 valence electrons. The highest BCUT2D eigenvalue weighted by atomic mass is 14.6. The molecule has 0 aromatic carbocycles. The maximum absolute atomic E-state index is 5.96. The fourth-order valence-corrected chi connectivity index (χ4v) is 3.99. The smallest absolute Gasteiger partial charge is 0.00390 e. The van der Waals surface area contributed by atoms with Gasteiger partial charge in [0, 0.05) is 6.04 Å². The maximum Gasteiger partial charge on any atom is 0.00390 e. The van der Waals surface area contributed by atoms with Crippen LogP contribution in [0.2, 0.25) is 0 Å². The van der Waals surface area contributed by atoms with Crippen molar-refractivity contribution in [3.8, 4) is 0 Å². The van der Waals surface area contributed by atoms with Gasteiger partial charge in [0.2, 0.25) is 0 Å². The van der Waals surface area contributed by atoms with E-state index in [0.29, 0.717) is 6.04 Å². The molecule has 0 radical (unpaired) electrons. The predicted molar refractivity (Wildman–Crippen MR) is 74.9 cm³/mol. The summed E-state index contributed by atoms with van der Waals surface area (Å²) in [4.78, 5) is 0. The number of hydrogen-bond donors (Lipinski definition) is 1. The molecule has 0 aliphatic heterocycles. The zero-order valence-corrected chi connectivity index (χ0v) is 11.7. The normalized spacial score (nSPS) is 39.2. The number of nitrogens with two attached hydrogens (primary N) is 1. The van der Waals surface area contributed by atoms with Crippen molar-refractivity contribution >= 4 is 0 Å². The highest BCUT2D eigenvalue weighted by Gasteiger charge is 2.21. The van der Waals surface area contributed by atoms with Crippen LogP contribution in [0, 0.1) is 17.8 Å². The second kappa shape index (κ2) is 6.78. The van der Waals surface area contributed by atoms with E-state index in [1.54, 1.807) is 0 Å². The Labute approximate surface area is 108 Å². The second-order valence-corrected chi connectivity index (χ2v) is 6.85. The topological polar surface area (TPSA) is 26.0 Å². The fourth-order valence-electron chi connectivity index (χ4n) is 3.99. The van der Waals surface area contributed by atoms with Gasteiger partial charge in [-0.25, -0.2) is 0 Å². The molecule has 2 fully saturated rings. The van der Waals surface area contributed by atoms with Crippen molar-refractivity contribution in [2.75, 3.05) is 0 Å². The van der Waals surface area contributed by atoms with E-state index in [4.69, 9.17) is 5.73 Å². The molecule has 2 aliphatic carbocycles. The Kier molecular flexibility index (Phi) is 5.34. The van der Waals surface area contributed by atoms with E-state index >= 15 is 0 Å². The average Bonchev–Trinajstić information content (AvgIpc) is 2.32. The molecule has 2 saturated carbocycles. The molecule has 1 nitrogen and oxygen atoms in total. The Morgan fingerprint density at radius 1 is 0.882 bits per heavy atom. The Bertz CT molecular complexity index is 206. The van der Waals surface area contributed by atoms with Gasteiger partial charge in [-0.1, -0.05) is 45.4 Å². The van der Waals surface area contributed by atoms with Crippen LogP contribution in [0.5, 0.6) is 0 Å². The summed E-state index contributed by atoms with van der Waals surface area (Å²) >= 11 is 0. The van der Waals surface area contributed by atoms with E-state index in [9.17, 15) is 0 Å². The van der Waals surface area contributed by atoms with E-state index < -0.39 is 0 Å². The summed E-state index contributed by atoms with van der Waals surface area (Å²) in [5.41, 5.74) is 5.96. The lowest BCUT2D eigenvalue weighted by Crippen LogP contribution is -2.26. The Hall–Kier alpha value is -0.0400. The maximum atomic E-state index is 5.96. The van der Waals surface area contributed by atoms with Gasteiger partial charge in [0.05, 0.1) is 0 Å². The summed E-state index contributed by atoms with van der Waals surface area (Å²) in [5, 5.41) is 0. The minimum Gasteiger partial charge on any atom is -0.328 e. The van der Waals surface area contributed by atoms with Crippen LogP contribution in [-0.4, -0.2) is 6.04 Å². The van der Waals surface area contributed by atoms with Crippen LogP contribution in [-0.2, 0) is 0 Å². The molecule has 0 bridgehead atoms. The second-order valence-electron chi connectivity index (χ2n) is 6.85. The van der Waals surface area contributed by atoms with Crippen molar-refractivity contribution in [1.29, 1.82) is 0 Å². The zero-order chi connectivity index (χ0) is 12.1. The van der Waals surface area contributed by atoms with E-state index in [-0.39, 0.29) is 0 Å². The molecule has 2 N–H and O–H groups in total. The van der Waals surface area contributed by atoms with E-state index in [1.807, 2.05) is 0 Å². The highest BCUT2D eigenvalue weighted by Crippen LogP contribution is 2.33. The van der Waals surface area contributed by atoms with Gasteiger partial charge in [0.1, 0.15) is 0 Å². The lowest BCUT2D eigenvalue weighted by molar-refractivity contribution is 0.247. The van der Waals surface area contributed by atoms with Gasteiger partial charge < -0.3 is 5.73 Å². The first-order valence-electron chi connectivity index (χ1n) is 7.99. The molecular formula is C16H31N. The first-order chi connectivity index (χ1) is 8.24. The molecule has 0 aromatic rings. The Morgan fingerprint density at radius 3 is 2.29 bits per heavy atom. The third-order valence-corrected chi connectivity index (χ3v) is 5.16. The van der Waals surface area contributed by atoms with Crippen molar-refractivity contribution < 1.29 is 0 Å². The van der Waals surface area contributed by atoms with Crippen LogP contribution in [0.15, 0.2) is 0 Å². The average molecular weight is 237 g/mol. The first-order valence-corrected chi connectivity index (χ1v) is 7.99. The van der Waals surface area contributed by atoms with Gasteiger partial charge in [-0.05, 0) is 49.9 Å². The molecule has 0 spiro atoms. The summed E-state index contributed by atoms with van der Waals surface area (Å²) < 4.78 is 0. The standard InChI is InChI=1S/C16H31N/c1-13-4-2-6-15(12-13)7-3-5-14-8-10-16(17)11-9-14/h13-16H,2-12,17H2,1H3/t13-,14?,15-,16?/m0/s1. The summed E-state index contributed by atoms with van der Waals surface area (Å²) in [6.45, 7) is 2.44. The molecular weight excluding hydrogens is 206 g/mol. The largest absolute Gasteiger partial charge is 0.328 e. The molecule has 2 atom stereocenters. The van der Waals surface area contributed by atoms with Gasteiger partial charge in [-0.15, -0.1) is 0 Å². The summed E-state index contributed by atoms with van der Waals surface area (Å²) in [7, 11) is 0. The molecule has 17 heavy (non-hydrogen) atoms. The SMILES string of the molecule is C[C@H]1CCC[C@@H](CCCC2CCC(N)CC2)C1. The molecule has 0 aromatic heterocycles. The van der Waals surface area contributed by atoms with Crippen LogP contribution in [0.4, 0.5) is 0 Å². The van der Waals surface area contributed by atoms with Crippen LogP contribution in [0.3, 0.4) is 0 Å². The fraction of sp³-hybridized carbons (Fsp3) is 1.00. The monoisotopic (exact) mass is 237 g/mol. The molecule has 2 rings (SSSR count). The minimum atomic E-state index is 0.519. The quantitative estimate of drug-likeness (QED) is 0.765. The third-order valence-electron chi connectivity index (χ3n) is 5.16. The Balaban J connectivity index is 1.56. The van der Waals surface area contributed by atoms with Gasteiger partial charge >= 0.3 is 0 Å². The zero-order valence-electron chi connectivity index (χ0n) is 11.7. The molecule has 0 unspecified atom stereocenters. The van der Waals surface area contributed by atoms with Gasteiger partial charge in [0.15, 0.2) is 0 Å². The van der Waals surface area contributed by atoms with Gasteiger partial charge in [-0.3, -0.25) is 0 Å². The lowest BCUT2D eigenvalue weighted by Gasteiger charge is -2.29. The summed E-state index contributed by atoms with van der Waals surface area (Å²) in [6, 6.07) is 0.519. The molecule has 1 heteroatoms. The summed E-state index contributed by atoms with van der Waals surface area (Å²) in [5.74, 6) is 3.07. The number of hydrogen-bond acceptors (Lipinski definition) is 1. The highest BCUT2D eigenvalue weighted by molar-refractivity contribution is 4.75. The molecule has 0 amide bonds. The van der Waals surface area contributed by atoms with Crippen molar-refractivity contribution in [3.05, 3.63) is 0 Å². The van der Waals surface area contributed by atoms with E-state index in [2.05, 4.69) is 6.92 Å². The van der Waals surface area contributed by atoms with Crippen LogP contribution in [0.25, 0.3) is 0 Å². The van der Waals surface area contributed by atoms with Crippen molar-refractivity contribution in [2.24, 2.45) is 23.5 Å². The van der Waals surface area contributed by atoms with Crippen molar-refractivity contribution in [3.63, 3.8) is 0 Å². The lowest BCUT2D eigenvalue weighted by atomic mass is 9.78. The summed E-state index contributed by atoms with van der Waals surface area (Å²) in [6.07, 6.45) is 15.8. The minimum absolute atomic E-state index is 0.519. The van der Waals surface area contributed by atoms with Gasteiger partial charge in [-0.2, -0.15) is 0 Å². The molecule has 0 saturated heterocycles. The van der Waals surface area contributed by atoms with E-state index in [0.717, 1.165) is 17.8 Å². The van der Waals surface area contributed by atoms with Crippen LogP contribution >= 0.6 is 0 Å².